The number of carbonyl (C=O) groups is 1. The first kappa shape index (κ1) is 12.4. The standard InChI is InChI=1S/C15H14FNO/c1-9-6-13(16)4-5-14(9)15(18)12-7-10(2)17-11(3)8-12/h4-8H,1-3H3. The van der Waals surface area contributed by atoms with Crippen molar-refractivity contribution in [1.82, 2.24) is 4.98 Å². The number of nitrogens with zero attached hydrogens (tertiary/aromatic N) is 1. The van der Waals surface area contributed by atoms with Gasteiger partial charge in [-0.3, -0.25) is 9.78 Å². The third-order valence-corrected chi connectivity index (χ3v) is 2.78. The van der Waals surface area contributed by atoms with E-state index in [0.29, 0.717) is 16.7 Å². The molecule has 0 atom stereocenters. The minimum atomic E-state index is -0.328. The van der Waals surface area contributed by atoms with Crippen LogP contribution in [0.3, 0.4) is 0 Å². The highest BCUT2D eigenvalue weighted by atomic mass is 19.1. The number of hydrogen-bond donors (Lipinski definition) is 0. The summed E-state index contributed by atoms with van der Waals surface area (Å²) in [5.41, 5.74) is 3.37. The summed E-state index contributed by atoms with van der Waals surface area (Å²) >= 11 is 0. The van der Waals surface area contributed by atoms with Gasteiger partial charge in [-0.15, -0.1) is 0 Å². The molecular formula is C15H14FNO. The highest BCUT2D eigenvalue weighted by Crippen LogP contribution is 2.16. The molecule has 1 aromatic heterocycles. The minimum absolute atomic E-state index is 0.0962. The Bertz CT molecular complexity index is 600. The molecule has 0 spiro atoms. The van der Waals surface area contributed by atoms with Crippen LogP contribution in [0.4, 0.5) is 4.39 Å². The lowest BCUT2D eigenvalue weighted by atomic mass is 9.99. The lowest BCUT2D eigenvalue weighted by Gasteiger charge is -2.06. The van der Waals surface area contributed by atoms with E-state index in [2.05, 4.69) is 4.98 Å². The van der Waals surface area contributed by atoms with Crippen molar-refractivity contribution in [2.75, 3.05) is 0 Å². The molecule has 92 valence electrons. The number of halogens is 1. The van der Waals surface area contributed by atoms with Gasteiger partial charge in [0.1, 0.15) is 5.82 Å². The number of aromatic nitrogens is 1. The zero-order valence-electron chi connectivity index (χ0n) is 10.6. The first-order valence-corrected chi connectivity index (χ1v) is 5.73. The Kier molecular flexibility index (Phi) is 3.24. The Morgan fingerprint density at radius 1 is 1.06 bits per heavy atom. The summed E-state index contributed by atoms with van der Waals surface area (Å²) in [6.07, 6.45) is 0. The molecule has 3 heteroatoms. The molecule has 0 aliphatic rings. The number of aryl methyl sites for hydroxylation is 3. The molecule has 2 aromatic rings. The molecule has 0 aliphatic heterocycles. The van der Waals surface area contributed by atoms with Gasteiger partial charge in [0.25, 0.3) is 0 Å². The van der Waals surface area contributed by atoms with E-state index >= 15 is 0 Å². The summed E-state index contributed by atoms with van der Waals surface area (Å²) in [5.74, 6) is -0.424. The number of benzene rings is 1. The maximum atomic E-state index is 13.0. The van der Waals surface area contributed by atoms with Crippen molar-refractivity contribution in [3.63, 3.8) is 0 Å². The van der Waals surface area contributed by atoms with Crippen molar-refractivity contribution in [3.8, 4) is 0 Å². The largest absolute Gasteiger partial charge is 0.289 e. The van der Waals surface area contributed by atoms with Crippen molar-refractivity contribution in [1.29, 1.82) is 0 Å². The van der Waals surface area contributed by atoms with E-state index in [1.165, 1.54) is 18.2 Å². The average molecular weight is 243 g/mol. The van der Waals surface area contributed by atoms with Crippen LogP contribution in [-0.4, -0.2) is 10.8 Å². The minimum Gasteiger partial charge on any atom is -0.289 e. The molecule has 0 aliphatic carbocycles. The number of pyridine rings is 1. The molecule has 18 heavy (non-hydrogen) atoms. The van der Waals surface area contributed by atoms with E-state index in [-0.39, 0.29) is 11.6 Å². The number of carbonyl (C=O) groups excluding carboxylic acids is 1. The lowest BCUT2D eigenvalue weighted by molar-refractivity contribution is 0.103. The van der Waals surface area contributed by atoms with Crippen LogP contribution in [0.25, 0.3) is 0 Å². The van der Waals surface area contributed by atoms with Gasteiger partial charge in [-0.05, 0) is 56.7 Å². The van der Waals surface area contributed by atoms with Gasteiger partial charge in [0.05, 0.1) is 0 Å². The van der Waals surface area contributed by atoms with E-state index in [1.54, 1.807) is 19.1 Å². The zero-order chi connectivity index (χ0) is 13.3. The Hall–Kier alpha value is -2.03. The molecule has 0 unspecified atom stereocenters. The van der Waals surface area contributed by atoms with Gasteiger partial charge >= 0.3 is 0 Å². The first-order chi connectivity index (χ1) is 8.47. The molecule has 1 heterocycles. The quantitative estimate of drug-likeness (QED) is 0.757. The molecule has 0 fully saturated rings. The van der Waals surface area contributed by atoms with Crippen molar-refractivity contribution in [2.24, 2.45) is 0 Å². The number of hydrogen-bond acceptors (Lipinski definition) is 2. The van der Waals surface area contributed by atoms with Gasteiger partial charge in [0.15, 0.2) is 5.78 Å². The molecule has 2 rings (SSSR count). The van der Waals surface area contributed by atoms with Gasteiger partial charge < -0.3 is 0 Å². The Morgan fingerprint density at radius 2 is 1.67 bits per heavy atom. The SMILES string of the molecule is Cc1cc(C(=O)c2ccc(F)cc2C)cc(C)n1. The zero-order valence-corrected chi connectivity index (χ0v) is 10.6. The second-order valence-electron chi connectivity index (χ2n) is 4.43. The van der Waals surface area contributed by atoms with Gasteiger partial charge in [-0.25, -0.2) is 4.39 Å². The second kappa shape index (κ2) is 4.69. The Balaban J connectivity index is 2.47. The maximum absolute atomic E-state index is 13.0. The molecular weight excluding hydrogens is 229 g/mol. The Morgan fingerprint density at radius 3 is 2.22 bits per heavy atom. The smallest absolute Gasteiger partial charge is 0.193 e. The number of rotatable bonds is 2. The fraction of sp³-hybridized carbons (Fsp3) is 0.200. The summed E-state index contributed by atoms with van der Waals surface area (Å²) in [5, 5.41) is 0. The summed E-state index contributed by atoms with van der Waals surface area (Å²) in [6, 6.07) is 7.70. The second-order valence-corrected chi connectivity index (χ2v) is 4.43. The molecule has 2 nitrogen and oxygen atoms in total. The Labute approximate surface area is 105 Å². The third kappa shape index (κ3) is 2.45. The summed E-state index contributed by atoms with van der Waals surface area (Å²) < 4.78 is 13.0. The van der Waals surface area contributed by atoms with Crippen LogP contribution < -0.4 is 0 Å². The predicted molar refractivity (Wildman–Crippen MR) is 68.3 cm³/mol. The van der Waals surface area contributed by atoms with Crippen molar-refractivity contribution >= 4 is 5.78 Å². The van der Waals surface area contributed by atoms with E-state index in [1.807, 2.05) is 13.8 Å². The van der Waals surface area contributed by atoms with Gasteiger partial charge in [-0.1, -0.05) is 0 Å². The normalized spacial score (nSPS) is 10.4. The summed E-state index contributed by atoms with van der Waals surface area (Å²) in [4.78, 5) is 16.6. The first-order valence-electron chi connectivity index (χ1n) is 5.73. The lowest BCUT2D eigenvalue weighted by Crippen LogP contribution is -2.05. The van der Waals surface area contributed by atoms with E-state index in [4.69, 9.17) is 0 Å². The van der Waals surface area contributed by atoms with E-state index < -0.39 is 0 Å². The van der Waals surface area contributed by atoms with E-state index in [0.717, 1.165) is 11.4 Å². The van der Waals surface area contributed by atoms with Crippen LogP contribution in [0.15, 0.2) is 30.3 Å². The highest BCUT2D eigenvalue weighted by Gasteiger charge is 2.13. The molecule has 0 bridgehead atoms. The highest BCUT2D eigenvalue weighted by molar-refractivity contribution is 6.09. The van der Waals surface area contributed by atoms with E-state index in [9.17, 15) is 9.18 Å². The molecule has 1 aromatic carbocycles. The third-order valence-electron chi connectivity index (χ3n) is 2.78. The fourth-order valence-electron chi connectivity index (χ4n) is 2.00. The van der Waals surface area contributed by atoms with Crippen molar-refractivity contribution in [2.45, 2.75) is 20.8 Å². The average Bonchev–Trinajstić information content (AvgIpc) is 2.26. The molecule has 0 N–H and O–H groups in total. The van der Waals surface area contributed by atoms with Crippen LogP contribution in [0, 0.1) is 26.6 Å². The van der Waals surface area contributed by atoms with Gasteiger partial charge in [0, 0.05) is 22.5 Å². The van der Waals surface area contributed by atoms with Crippen molar-refractivity contribution < 1.29 is 9.18 Å². The molecule has 0 amide bonds. The number of ketones is 1. The van der Waals surface area contributed by atoms with Crippen LogP contribution in [0.2, 0.25) is 0 Å². The fourth-order valence-corrected chi connectivity index (χ4v) is 2.00. The molecule has 0 saturated carbocycles. The van der Waals surface area contributed by atoms with Crippen LogP contribution in [0.1, 0.15) is 32.9 Å². The van der Waals surface area contributed by atoms with Crippen molar-refractivity contribution in [3.05, 3.63) is 64.2 Å². The van der Waals surface area contributed by atoms with Crippen LogP contribution in [0.5, 0.6) is 0 Å². The van der Waals surface area contributed by atoms with Gasteiger partial charge in [0.2, 0.25) is 0 Å². The van der Waals surface area contributed by atoms with Crippen LogP contribution >= 0.6 is 0 Å². The van der Waals surface area contributed by atoms with Crippen LogP contribution in [-0.2, 0) is 0 Å². The summed E-state index contributed by atoms with van der Waals surface area (Å²) in [6.45, 7) is 5.43. The predicted octanol–water partition coefficient (Wildman–Crippen LogP) is 3.38. The van der Waals surface area contributed by atoms with Gasteiger partial charge in [-0.2, -0.15) is 0 Å². The molecule has 0 saturated heterocycles. The monoisotopic (exact) mass is 243 g/mol. The summed E-state index contributed by atoms with van der Waals surface area (Å²) in [7, 11) is 0. The topological polar surface area (TPSA) is 30.0 Å². The maximum Gasteiger partial charge on any atom is 0.193 e. The molecule has 0 radical (unpaired) electrons.